The van der Waals surface area contributed by atoms with Gasteiger partial charge in [0.05, 0.1) is 0 Å². The second-order valence-corrected chi connectivity index (χ2v) is 9.65. The first kappa shape index (κ1) is 24.6. The number of alkyl carbamates (subject to hydrolysis) is 1. The van der Waals surface area contributed by atoms with Crippen molar-refractivity contribution in [3.63, 3.8) is 0 Å². The van der Waals surface area contributed by atoms with Crippen LogP contribution in [0, 0.1) is 0 Å². The summed E-state index contributed by atoms with van der Waals surface area (Å²) in [6.07, 6.45) is 1.69. The molecule has 3 N–H and O–H groups in total. The molecule has 1 saturated heterocycles. The Labute approximate surface area is 215 Å². The average Bonchev–Trinajstić information content (AvgIpc) is 3.27. The van der Waals surface area contributed by atoms with Crippen molar-refractivity contribution >= 4 is 18.0 Å². The molecule has 3 atom stereocenters. The van der Waals surface area contributed by atoms with Gasteiger partial charge >= 0.3 is 12.1 Å². The van der Waals surface area contributed by atoms with Crippen LogP contribution in [0.2, 0.25) is 0 Å². The number of ether oxygens (including phenoxy) is 1. The molecule has 7 heteroatoms. The number of carbonyl (C=O) groups is 3. The average molecular weight is 499 g/mol. The third-order valence-corrected chi connectivity index (χ3v) is 7.40. The molecule has 0 saturated carbocycles. The number of benzene rings is 3. The van der Waals surface area contributed by atoms with Gasteiger partial charge in [-0.05, 0) is 40.7 Å². The van der Waals surface area contributed by atoms with Gasteiger partial charge in [-0.25, -0.2) is 9.59 Å². The standard InChI is InChI=1S/C30H30N2O5/c33-28-27(20(19-10-2-1-3-11-19)12-8-9-17-26(31-28)29(34)35)32-30(36)37-18-25-23-15-6-4-13-21(23)22-14-5-7-16-24(22)25/h1-7,10-11,13-16,20,25-27H,8-9,12,17-18H2,(H,31,33)(H,32,36)(H,34,35). The maximum atomic E-state index is 13.3. The smallest absolute Gasteiger partial charge is 0.407 e. The van der Waals surface area contributed by atoms with Gasteiger partial charge in [-0.2, -0.15) is 0 Å². The highest BCUT2D eigenvalue weighted by molar-refractivity contribution is 5.90. The predicted octanol–water partition coefficient (Wildman–Crippen LogP) is 4.82. The van der Waals surface area contributed by atoms with Crippen molar-refractivity contribution in [1.82, 2.24) is 10.6 Å². The topological polar surface area (TPSA) is 105 Å². The van der Waals surface area contributed by atoms with Gasteiger partial charge in [-0.3, -0.25) is 4.79 Å². The highest BCUT2D eigenvalue weighted by Gasteiger charge is 2.36. The molecule has 2 aliphatic rings. The van der Waals surface area contributed by atoms with Crippen LogP contribution in [0.4, 0.5) is 4.79 Å². The normalized spacial score (nSPS) is 21.4. The van der Waals surface area contributed by atoms with Crippen molar-refractivity contribution in [3.8, 4) is 11.1 Å². The monoisotopic (exact) mass is 498 g/mol. The summed E-state index contributed by atoms with van der Waals surface area (Å²) in [4.78, 5) is 38.1. The zero-order chi connectivity index (χ0) is 25.8. The molecule has 190 valence electrons. The Morgan fingerprint density at radius 2 is 1.46 bits per heavy atom. The summed E-state index contributed by atoms with van der Waals surface area (Å²) in [5.41, 5.74) is 5.37. The largest absolute Gasteiger partial charge is 0.480 e. The maximum absolute atomic E-state index is 13.3. The molecule has 3 aromatic rings. The third-order valence-electron chi connectivity index (χ3n) is 7.40. The summed E-state index contributed by atoms with van der Waals surface area (Å²) in [5, 5.41) is 15.0. The number of rotatable bonds is 5. The zero-order valence-electron chi connectivity index (χ0n) is 20.4. The minimum atomic E-state index is -1.08. The van der Waals surface area contributed by atoms with Gasteiger partial charge in [-0.1, -0.05) is 91.7 Å². The quantitative estimate of drug-likeness (QED) is 0.468. The van der Waals surface area contributed by atoms with Gasteiger partial charge < -0.3 is 20.5 Å². The Balaban J connectivity index is 1.35. The van der Waals surface area contributed by atoms with Crippen LogP contribution in [-0.4, -0.2) is 41.8 Å². The minimum absolute atomic E-state index is 0.103. The second-order valence-electron chi connectivity index (χ2n) is 9.65. The van der Waals surface area contributed by atoms with Crippen molar-refractivity contribution in [2.24, 2.45) is 0 Å². The van der Waals surface area contributed by atoms with E-state index in [1.807, 2.05) is 66.7 Å². The Morgan fingerprint density at radius 3 is 2.11 bits per heavy atom. The van der Waals surface area contributed by atoms with Crippen molar-refractivity contribution in [2.45, 2.75) is 49.6 Å². The number of hydrogen-bond donors (Lipinski definition) is 3. The van der Waals surface area contributed by atoms with Crippen molar-refractivity contribution in [1.29, 1.82) is 0 Å². The van der Waals surface area contributed by atoms with Crippen LogP contribution in [0.25, 0.3) is 11.1 Å². The number of carbonyl (C=O) groups excluding carboxylic acids is 2. The van der Waals surface area contributed by atoms with Crippen molar-refractivity contribution < 1.29 is 24.2 Å². The molecule has 1 aliphatic carbocycles. The summed E-state index contributed by atoms with van der Waals surface area (Å²) in [6, 6.07) is 23.8. The van der Waals surface area contributed by atoms with Gasteiger partial charge in [0.1, 0.15) is 18.7 Å². The van der Waals surface area contributed by atoms with E-state index < -0.39 is 30.1 Å². The van der Waals surface area contributed by atoms with E-state index >= 15 is 0 Å². The Morgan fingerprint density at radius 1 is 0.865 bits per heavy atom. The zero-order valence-corrected chi connectivity index (χ0v) is 20.4. The second kappa shape index (κ2) is 10.9. The molecule has 37 heavy (non-hydrogen) atoms. The highest BCUT2D eigenvalue weighted by atomic mass is 16.5. The molecule has 1 heterocycles. The fraction of sp³-hybridized carbons (Fsp3) is 0.300. The molecule has 5 rings (SSSR count). The molecule has 7 nitrogen and oxygen atoms in total. The first-order chi connectivity index (χ1) is 18.0. The summed E-state index contributed by atoms with van der Waals surface area (Å²) < 4.78 is 5.71. The summed E-state index contributed by atoms with van der Waals surface area (Å²) >= 11 is 0. The molecular weight excluding hydrogens is 468 g/mol. The van der Waals surface area contributed by atoms with E-state index in [1.165, 1.54) is 0 Å². The van der Waals surface area contributed by atoms with E-state index in [-0.39, 0.29) is 18.4 Å². The first-order valence-electron chi connectivity index (χ1n) is 12.7. The molecular formula is C30H30N2O5. The molecule has 2 amide bonds. The van der Waals surface area contributed by atoms with Crippen LogP contribution in [0.1, 0.15) is 54.2 Å². The van der Waals surface area contributed by atoms with E-state index in [4.69, 9.17) is 4.74 Å². The van der Waals surface area contributed by atoms with Crippen LogP contribution < -0.4 is 10.6 Å². The lowest BCUT2D eigenvalue weighted by molar-refractivity contribution is -0.142. The van der Waals surface area contributed by atoms with Gasteiger partial charge in [-0.15, -0.1) is 0 Å². The number of carboxylic acids is 1. The molecule has 0 bridgehead atoms. The third kappa shape index (κ3) is 5.21. The molecule has 0 spiro atoms. The fourth-order valence-corrected chi connectivity index (χ4v) is 5.57. The number of fused-ring (bicyclic) bond motifs is 3. The van der Waals surface area contributed by atoms with Crippen LogP contribution in [0.3, 0.4) is 0 Å². The lowest BCUT2D eigenvalue weighted by Crippen LogP contribution is -2.53. The number of hydrogen-bond acceptors (Lipinski definition) is 4. The van der Waals surface area contributed by atoms with E-state index in [2.05, 4.69) is 22.8 Å². The number of amides is 2. The predicted molar refractivity (Wildman–Crippen MR) is 139 cm³/mol. The van der Waals surface area contributed by atoms with Crippen LogP contribution in [-0.2, 0) is 14.3 Å². The van der Waals surface area contributed by atoms with Crippen LogP contribution in [0.5, 0.6) is 0 Å². The fourth-order valence-electron chi connectivity index (χ4n) is 5.57. The number of carboxylic acid groups (broad SMARTS) is 1. The van der Waals surface area contributed by atoms with Gasteiger partial charge in [0.2, 0.25) is 5.91 Å². The Bertz CT molecular complexity index is 1250. The Kier molecular flexibility index (Phi) is 7.21. The maximum Gasteiger partial charge on any atom is 0.407 e. The molecule has 3 aromatic carbocycles. The lowest BCUT2D eigenvalue weighted by atomic mass is 9.86. The molecule has 1 aliphatic heterocycles. The van der Waals surface area contributed by atoms with Crippen molar-refractivity contribution in [3.05, 3.63) is 95.6 Å². The highest BCUT2D eigenvalue weighted by Crippen LogP contribution is 2.44. The van der Waals surface area contributed by atoms with Gasteiger partial charge in [0.15, 0.2) is 0 Å². The van der Waals surface area contributed by atoms with Gasteiger partial charge in [0.25, 0.3) is 0 Å². The summed E-state index contributed by atoms with van der Waals surface area (Å²) in [7, 11) is 0. The lowest BCUT2D eigenvalue weighted by Gasteiger charge is -2.27. The summed E-state index contributed by atoms with van der Waals surface area (Å²) in [6.45, 7) is 0.127. The van der Waals surface area contributed by atoms with E-state index in [1.54, 1.807) is 0 Å². The number of nitrogens with one attached hydrogen (secondary N) is 2. The first-order valence-corrected chi connectivity index (χ1v) is 12.7. The Hall–Kier alpha value is -4.13. The SMILES string of the molecule is O=C(NC1C(=O)NC(C(=O)O)CCCCC1c1ccccc1)OCC1c2ccccc2-c2ccccc21. The van der Waals surface area contributed by atoms with Gasteiger partial charge in [0, 0.05) is 11.8 Å². The van der Waals surface area contributed by atoms with Crippen molar-refractivity contribution in [2.75, 3.05) is 6.61 Å². The van der Waals surface area contributed by atoms with Crippen LogP contribution in [0.15, 0.2) is 78.9 Å². The molecule has 1 fully saturated rings. The molecule has 0 radical (unpaired) electrons. The molecule has 3 unspecified atom stereocenters. The van der Waals surface area contributed by atoms with E-state index in [0.29, 0.717) is 19.3 Å². The van der Waals surface area contributed by atoms with E-state index in [0.717, 1.165) is 34.2 Å². The number of aliphatic carboxylic acids is 1. The van der Waals surface area contributed by atoms with Crippen LogP contribution >= 0.6 is 0 Å². The molecule has 0 aromatic heterocycles. The minimum Gasteiger partial charge on any atom is -0.480 e. The van der Waals surface area contributed by atoms with E-state index in [9.17, 15) is 19.5 Å². The summed E-state index contributed by atoms with van der Waals surface area (Å²) in [5.74, 6) is -2.01.